The molecule has 0 aromatic rings. The van der Waals surface area contributed by atoms with Gasteiger partial charge in [0.1, 0.15) is 0 Å². The highest BCUT2D eigenvalue weighted by molar-refractivity contribution is 5.28. The van der Waals surface area contributed by atoms with Crippen LogP contribution in [0.25, 0.3) is 0 Å². The van der Waals surface area contributed by atoms with Crippen LogP contribution in [0.2, 0.25) is 0 Å². The molecule has 1 nitrogen and oxygen atoms in total. The van der Waals surface area contributed by atoms with Crippen molar-refractivity contribution in [2.24, 2.45) is 0 Å². The number of nitrogens with zero attached hydrogens (tertiary/aromatic N) is 1. The first kappa shape index (κ1) is 11.3. The highest BCUT2D eigenvalue weighted by atomic mass is 15.2. The summed E-state index contributed by atoms with van der Waals surface area (Å²) in [5.41, 5.74) is 1.36. The van der Waals surface area contributed by atoms with Crippen molar-refractivity contribution in [2.75, 3.05) is 13.1 Å². The van der Waals surface area contributed by atoms with Gasteiger partial charge >= 0.3 is 0 Å². The van der Waals surface area contributed by atoms with Crippen LogP contribution in [0.1, 0.15) is 26.7 Å². The Morgan fingerprint density at radius 1 is 1.57 bits per heavy atom. The molecule has 1 aliphatic heterocycles. The molecule has 14 heavy (non-hydrogen) atoms. The van der Waals surface area contributed by atoms with E-state index in [1.54, 1.807) is 0 Å². The first-order chi connectivity index (χ1) is 6.83. The summed E-state index contributed by atoms with van der Waals surface area (Å²) in [4.78, 5) is 2.52. The number of allylic oxidation sites excluding steroid dienone is 3. The lowest BCUT2D eigenvalue weighted by atomic mass is 10.0. The molecule has 1 unspecified atom stereocenters. The van der Waals surface area contributed by atoms with Gasteiger partial charge in [-0.25, -0.2) is 0 Å². The van der Waals surface area contributed by atoms with Crippen LogP contribution in [0, 0.1) is 0 Å². The van der Waals surface area contributed by atoms with Crippen LogP contribution in [0.15, 0.2) is 36.5 Å². The lowest BCUT2D eigenvalue weighted by Gasteiger charge is -2.23. The zero-order valence-electron chi connectivity index (χ0n) is 9.37. The number of hydrogen-bond acceptors (Lipinski definition) is 1. The predicted molar refractivity (Wildman–Crippen MR) is 63.4 cm³/mol. The molecule has 0 N–H and O–H groups in total. The Bertz CT molecular complexity index is 238. The first-order valence-corrected chi connectivity index (χ1v) is 5.52. The monoisotopic (exact) mass is 191 g/mol. The molecule has 0 amide bonds. The van der Waals surface area contributed by atoms with Crippen LogP contribution in [0.4, 0.5) is 0 Å². The van der Waals surface area contributed by atoms with Crippen molar-refractivity contribution in [3.05, 3.63) is 36.5 Å². The van der Waals surface area contributed by atoms with Gasteiger partial charge in [-0.1, -0.05) is 37.8 Å². The van der Waals surface area contributed by atoms with Gasteiger partial charge in [0.05, 0.1) is 0 Å². The number of rotatable bonds is 4. The maximum Gasteiger partial charge on any atom is 0.0348 e. The fourth-order valence-corrected chi connectivity index (χ4v) is 2.10. The second-order valence-corrected chi connectivity index (χ2v) is 3.68. The summed E-state index contributed by atoms with van der Waals surface area (Å²) in [5.74, 6) is 0. The molecule has 0 saturated carbocycles. The van der Waals surface area contributed by atoms with Gasteiger partial charge in [-0.05, 0) is 38.4 Å². The predicted octanol–water partition coefficient (Wildman–Crippen LogP) is 3.16. The largest absolute Gasteiger partial charge is 0.297 e. The first-order valence-electron chi connectivity index (χ1n) is 5.52. The number of likely N-dealkylation sites (N-methyl/N-ethyl adjacent to an activating group) is 1. The highest BCUT2D eigenvalue weighted by Crippen LogP contribution is 2.23. The van der Waals surface area contributed by atoms with Gasteiger partial charge in [-0.15, -0.1) is 0 Å². The SMILES string of the molecule is C=C/C(=C\C=C/C)C1CCCN1CC. The van der Waals surface area contributed by atoms with E-state index in [9.17, 15) is 0 Å². The Labute approximate surface area is 87.8 Å². The standard InChI is InChI=1S/C13H21N/c1-4-7-9-12(5-2)13-10-8-11-14(13)6-3/h4-5,7,9,13H,2,6,8,10-11H2,1,3H3/b7-4-,12-9+. The Kier molecular flexibility index (Phi) is 4.68. The van der Waals surface area contributed by atoms with E-state index in [4.69, 9.17) is 0 Å². The molecule has 1 aliphatic rings. The maximum absolute atomic E-state index is 3.90. The van der Waals surface area contributed by atoms with E-state index in [1.807, 2.05) is 13.0 Å². The molecule has 0 bridgehead atoms. The van der Waals surface area contributed by atoms with Crippen molar-refractivity contribution in [3.8, 4) is 0 Å². The van der Waals surface area contributed by atoms with E-state index >= 15 is 0 Å². The molecule has 0 spiro atoms. The van der Waals surface area contributed by atoms with E-state index in [0.717, 1.165) is 6.54 Å². The smallest absolute Gasteiger partial charge is 0.0348 e. The molecule has 1 fully saturated rings. The normalized spacial score (nSPS) is 24.7. The molecule has 1 rings (SSSR count). The van der Waals surface area contributed by atoms with Crippen LogP contribution in [0.5, 0.6) is 0 Å². The van der Waals surface area contributed by atoms with Crippen LogP contribution in [-0.4, -0.2) is 24.0 Å². The minimum Gasteiger partial charge on any atom is -0.297 e. The fourth-order valence-electron chi connectivity index (χ4n) is 2.10. The lowest BCUT2D eigenvalue weighted by Crippen LogP contribution is -2.30. The number of hydrogen-bond donors (Lipinski definition) is 0. The lowest BCUT2D eigenvalue weighted by molar-refractivity contribution is 0.299. The summed E-state index contributed by atoms with van der Waals surface area (Å²) in [6, 6.07) is 0.605. The third-order valence-electron chi connectivity index (χ3n) is 2.87. The van der Waals surface area contributed by atoms with E-state index in [1.165, 1.54) is 25.0 Å². The van der Waals surface area contributed by atoms with Gasteiger partial charge in [-0.3, -0.25) is 4.90 Å². The molecule has 0 aliphatic carbocycles. The third kappa shape index (κ3) is 2.58. The zero-order valence-corrected chi connectivity index (χ0v) is 9.37. The molecule has 1 heteroatoms. The van der Waals surface area contributed by atoms with Crippen LogP contribution in [0.3, 0.4) is 0 Å². The van der Waals surface area contributed by atoms with E-state index in [2.05, 4.69) is 36.6 Å². The van der Waals surface area contributed by atoms with Crippen molar-refractivity contribution >= 4 is 0 Å². The van der Waals surface area contributed by atoms with Crippen molar-refractivity contribution in [3.63, 3.8) is 0 Å². The van der Waals surface area contributed by atoms with E-state index in [0.29, 0.717) is 6.04 Å². The third-order valence-corrected chi connectivity index (χ3v) is 2.87. The van der Waals surface area contributed by atoms with Crippen molar-refractivity contribution in [1.82, 2.24) is 4.90 Å². The van der Waals surface area contributed by atoms with Gasteiger partial charge in [0.25, 0.3) is 0 Å². The summed E-state index contributed by atoms with van der Waals surface area (Å²) < 4.78 is 0. The molecule has 1 heterocycles. The van der Waals surface area contributed by atoms with Gasteiger partial charge < -0.3 is 0 Å². The topological polar surface area (TPSA) is 3.24 Å². The van der Waals surface area contributed by atoms with E-state index < -0.39 is 0 Å². The van der Waals surface area contributed by atoms with Crippen LogP contribution < -0.4 is 0 Å². The summed E-state index contributed by atoms with van der Waals surface area (Å²) in [6.45, 7) is 10.6. The van der Waals surface area contributed by atoms with E-state index in [-0.39, 0.29) is 0 Å². The molecular formula is C13H21N. The Morgan fingerprint density at radius 2 is 2.36 bits per heavy atom. The van der Waals surface area contributed by atoms with Gasteiger partial charge in [0.15, 0.2) is 0 Å². The van der Waals surface area contributed by atoms with Crippen molar-refractivity contribution < 1.29 is 0 Å². The van der Waals surface area contributed by atoms with Gasteiger partial charge in [-0.2, -0.15) is 0 Å². The Morgan fingerprint density at radius 3 is 2.93 bits per heavy atom. The molecule has 0 aromatic carbocycles. The summed E-state index contributed by atoms with van der Waals surface area (Å²) in [5, 5.41) is 0. The molecule has 1 saturated heterocycles. The average Bonchev–Trinajstić information content (AvgIpc) is 2.67. The number of likely N-dealkylation sites (tertiary alicyclic amines) is 1. The molecule has 0 aromatic heterocycles. The fraction of sp³-hybridized carbons (Fsp3) is 0.538. The highest BCUT2D eigenvalue weighted by Gasteiger charge is 2.24. The molecular weight excluding hydrogens is 170 g/mol. The zero-order chi connectivity index (χ0) is 10.4. The van der Waals surface area contributed by atoms with Crippen molar-refractivity contribution in [2.45, 2.75) is 32.7 Å². The maximum atomic E-state index is 3.90. The molecule has 78 valence electrons. The minimum atomic E-state index is 0.605. The average molecular weight is 191 g/mol. The summed E-state index contributed by atoms with van der Waals surface area (Å²) in [6.07, 6.45) is 10.9. The summed E-state index contributed by atoms with van der Waals surface area (Å²) in [7, 11) is 0. The minimum absolute atomic E-state index is 0.605. The second-order valence-electron chi connectivity index (χ2n) is 3.68. The quantitative estimate of drug-likeness (QED) is 0.617. The molecule has 1 atom stereocenters. The second kappa shape index (κ2) is 5.82. The molecule has 0 radical (unpaired) electrons. The summed E-state index contributed by atoms with van der Waals surface area (Å²) >= 11 is 0. The van der Waals surface area contributed by atoms with Crippen LogP contribution in [-0.2, 0) is 0 Å². The Balaban J connectivity index is 2.73. The van der Waals surface area contributed by atoms with Crippen LogP contribution >= 0.6 is 0 Å². The van der Waals surface area contributed by atoms with Gasteiger partial charge in [0, 0.05) is 6.04 Å². The Hall–Kier alpha value is -0.820. The van der Waals surface area contributed by atoms with Gasteiger partial charge in [0.2, 0.25) is 0 Å². The van der Waals surface area contributed by atoms with Crippen molar-refractivity contribution in [1.29, 1.82) is 0 Å².